The first-order valence-corrected chi connectivity index (χ1v) is 13.3. The molecular weight excluding hydrogens is 368 g/mol. The molecule has 0 radical (unpaired) electrons. The van der Waals surface area contributed by atoms with Crippen LogP contribution in [0.25, 0.3) is 0 Å². The van der Waals surface area contributed by atoms with Gasteiger partial charge in [-0.3, -0.25) is 4.79 Å². The molecule has 0 aromatic rings. The van der Waals surface area contributed by atoms with Crippen molar-refractivity contribution in [1.82, 2.24) is 0 Å². The summed E-state index contributed by atoms with van der Waals surface area (Å²) < 4.78 is 5.37. The van der Waals surface area contributed by atoms with Crippen molar-refractivity contribution in [2.45, 2.75) is 142 Å². The second-order valence-electron chi connectivity index (χ2n) is 8.66. The van der Waals surface area contributed by atoms with E-state index in [1.54, 1.807) is 0 Å². The normalized spacial score (nSPS) is 11.7. The van der Waals surface area contributed by atoms with Crippen LogP contribution in [0.5, 0.6) is 0 Å². The summed E-state index contributed by atoms with van der Waals surface area (Å²) in [6.07, 6.45) is 33.4. The standard InChI is InChI=1S/C28H52O2/c1-3-5-7-9-11-13-15-17-19-21-23-25-27-30-28(29)26-24-22-20-18-16-14-12-10-8-6-4-2/h9-12H,3-8,13-27H2,1-2H3/b11-9+,12-10-. The van der Waals surface area contributed by atoms with E-state index in [9.17, 15) is 4.79 Å². The first-order chi connectivity index (χ1) is 14.8. The van der Waals surface area contributed by atoms with Crippen LogP contribution >= 0.6 is 0 Å². The van der Waals surface area contributed by atoms with Crippen molar-refractivity contribution in [3.05, 3.63) is 24.3 Å². The first kappa shape index (κ1) is 28.9. The van der Waals surface area contributed by atoms with E-state index in [1.807, 2.05) is 0 Å². The van der Waals surface area contributed by atoms with Gasteiger partial charge in [-0.1, -0.05) is 109 Å². The Morgan fingerprint density at radius 2 is 0.933 bits per heavy atom. The number of hydrogen-bond donors (Lipinski definition) is 0. The number of carbonyl (C=O) groups is 1. The molecular formula is C28H52O2. The number of esters is 1. The third-order valence-electron chi connectivity index (χ3n) is 5.56. The van der Waals surface area contributed by atoms with Crippen LogP contribution in [-0.4, -0.2) is 12.6 Å². The Hall–Kier alpha value is -1.05. The lowest BCUT2D eigenvalue weighted by atomic mass is 10.1. The summed E-state index contributed by atoms with van der Waals surface area (Å²) in [7, 11) is 0. The van der Waals surface area contributed by atoms with E-state index in [1.165, 1.54) is 103 Å². The number of allylic oxidation sites excluding steroid dienone is 4. The van der Waals surface area contributed by atoms with Gasteiger partial charge in [0.2, 0.25) is 0 Å². The fourth-order valence-electron chi connectivity index (χ4n) is 3.51. The number of carbonyl (C=O) groups excluding carboxylic acids is 1. The van der Waals surface area contributed by atoms with Crippen LogP contribution in [-0.2, 0) is 9.53 Å². The van der Waals surface area contributed by atoms with Gasteiger partial charge in [0.25, 0.3) is 0 Å². The Labute approximate surface area is 188 Å². The fourth-order valence-corrected chi connectivity index (χ4v) is 3.51. The third-order valence-corrected chi connectivity index (χ3v) is 5.56. The van der Waals surface area contributed by atoms with Gasteiger partial charge in [0.1, 0.15) is 0 Å². The van der Waals surface area contributed by atoms with Gasteiger partial charge in [0.05, 0.1) is 6.61 Å². The van der Waals surface area contributed by atoms with Crippen molar-refractivity contribution in [3.63, 3.8) is 0 Å². The molecule has 0 heterocycles. The van der Waals surface area contributed by atoms with E-state index < -0.39 is 0 Å². The minimum absolute atomic E-state index is 0.00344. The smallest absolute Gasteiger partial charge is 0.305 e. The molecule has 0 aliphatic heterocycles. The van der Waals surface area contributed by atoms with Crippen molar-refractivity contribution in [2.75, 3.05) is 6.61 Å². The molecule has 176 valence electrons. The molecule has 0 bridgehead atoms. The fraction of sp³-hybridized carbons (Fsp3) is 0.821. The van der Waals surface area contributed by atoms with Gasteiger partial charge >= 0.3 is 5.97 Å². The van der Waals surface area contributed by atoms with Crippen LogP contribution in [0.4, 0.5) is 0 Å². The van der Waals surface area contributed by atoms with Gasteiger partial charge in [-0.2, -0.15) is 0 Å². The lowest BCUT2D eigenvalue weighted by Gasteiger charge is -2.05. The number of ether oxygens (including phenoxy) is 1. The van der Waals surface area contributed by atoms with E-state index >= 15 is 0 Å². The summed E-state index contributed by atoms with van der Waals surface area (Å²) in [6, 6.07) is 0. The van der Waals surface area contributed by atoms with Crippen LogP contribution < -0.4 is 0 Å². The first-order valence-electron chi connectivity index (χ1n) is 13.3. The molecule has 0 aromatic heterocycles. The minimum Gasteiger partial charge on any atom is -0.466 e. The van der Waals surface area contributed by atoms with Crippen LogP contribution in [0.3, 0.4) is 0 Å². The average molecular weight is 421 g/mol. The van der Waals surface area contributed by atoms with Crippen molar-refractivity contribution in [3.8, 4) is 0 Å². The molecule has 0 N–H and O–H groups in total. The molecule has 0 aliphatic carbocycles. The van der Waals surface area contributed by atoms with E-state index in [2.05, 4.69) is 38.2 Å². The molecule has 0 unspecified atom stereocenters. The predicted molar refractivity (Wildman–Crippen MR) is 133 cm³/mol. The Balaban J connectivity index is 3.22. The molecule has 0 fully saturated rings. The molecule has 0 aromatic carbocycles. The van der Waals surface area contributed by atoms with Gasteiger partial charge in [-0.05, 0) is 51.4 Å². The zero-order valence-corrected chi connectivity index (χ0v) is 20.5. The van der Waals surface area contributed by atoms with Crippen LogP contribution in [0.15, 0.2) is 24.3 Å². The monoisotopic (exact) mass is 420 g/mol. The summed E-state index contributed by atoms with van der Waals surface area (Å²) in [5.74, 6) is 0.00344. The topological polar surface area (TPSA) is 26.3 Å². The Morgan fingerprint density at radius 1 is 0.533 bits per heavy atom. The molecule has 0 aliphatic rings. The summed E-state index contributed by atoms with van der Waals surface area (Å²) in [5.41, 5.74) is 0. The summed E-state index contributed by atoms with van der Waals surface area (Å²) >= 11 is 0. The number of rotatable bonds is 23. The van der Waals surface area contributed by atoms with E-state index in [0.717, 1.165) is 19.3 Å². The van der Waals surface area contributed by atoms with Crippen molar-refractivity contribution >= 4 is 5.97 Å². The second-order valence-corrected chi connectivity index (χ2v) is 8.66. The van der Waals surface area contributed by atoms with Crippen LogP contribution in [0.2, 0.25) is 0 Å². The maximum absolute atomic E-state index is 11.8. The lowest BCUT2D eigenvalue weighted by Crippen LogP contribution is -2.05. The van der Waals surface area contributed by atoms with Gasteiger partial charge in [0, 0.05) is 6.42 Å². The highest BCUT2D eigenvalue weighted by molar-refractivity contribution is 5.69. The SMILES string of the molecule is CCCC/C=C\CCCCCCCC(=O)OCCCCCCCC/C=C/CCCC. The molecule has 0 spiro atoms. The largest absolute Gasteiger partial charge is 0.466 e. The molecule has 0 saturated heterocycles. The summed E-state index contributed by atoms with van der Waals surface area (Å²) in [5, 5.41) is 0. The Morgan fingerprint density at radius 3 is 1.43 bits per heavy atom. The second kappa shape index (κ2) is 26.0. The van der Waals surface area contributed by atoms with E-state index in [0.29, 0.717) is 13.0 Å². The highest BCUT2D eigenvalue weighted by atomic mass is 16.5. The van der Waals surface area contributed by atoms with Gasteiger partial charge in [0.15, 0.2) is 0 Å². The van der Waals surface area contributed by atoms with Crippen molar-refractivity contribution in [1.29, 1.82) is 0 Å². The summed E-state index contributed by atoms with van der Waals surface area (Å²) in [4.78, 5) is 11.8. The van der Waals surface area contributed by atoms with Gasteiger partial charge in [-0.15, -0.1) is 0 Å². The third kappa shape index (κ3) is 25.0. The molecule has 0 amide bonds. The van der Waals surface area contributed by atoms with Crippen molar-refractivity contribution in [2.24, 2.45) is 0 Å². The minimum atomic E-state index is 0.00344. The molecule has 0 rings (SSSR count). The molecule has 2 nitrogen and oxygen atoms in total. The zero-order valence-electron chi connectivity index (χ0n) is 20.5. The molecule has 0 saturated carbocycles. The summed E-state index contributed by atoms with van der Waals surface area (Å²) in [6.45, 7) is 5.09. The Kier molecular flexibility index (Phi) is 25.1. The predicted octanol–water partition coefficient (Wildman–Crippen LogP) is 9.48. The maximum Gasteiger partial charge on any atom is 0.305 e. The zero-order chi connectivity index (χ0) is 22.0. The van der Waals surface area contributed by atoms with Gasteiger partial charge < -0.3 is 4.74 Å². The highest BCUT2D eigenvalue weighted by Gasteiger charge is 2.02. The molecule has 2 heteroatoms. The molecule has 30 heavy (non-hydrogen) atoms. The maximum atomic E-state index is 11.8. The van der Waals surface area contributed by atoms with E-state index in [4.69, 9.17) is 4.74 Å². The van der Waals surface area contributed by atoms with E-state index in [-0.39, 0.29) is 5.97 Å². The quantitative estimate of drug-likeness (QED) is 0.0934. The van der Waals surface area contributed by atoms with Crippen LogP contribution in [0, 0.1) is 0 Å². The van der Waals surface area contributed by atoms with Crippen molar-refractivity contribution < 1.29 is 9.53 Å². The lowest BCUT2D eigenvalue weighted by molar-refractivity contribution is -0.143. The van der Waals surface area contributed by atoms with Gasteiger partial charge in [-0.25, -0.2) is 0 Å². The molecule has 0 atom stereocenters. The average Bonchev–Trinajstić information content (AvgIpc) is 2.75. The highest BCUT2D eigenvalue weighted by Crippen LogP contribution is 2.10. The number of unbranched alkanes of at least 4 members (excludes halogenated alkanes) is 15. The Bertz CT molecular complexity index is 397. The number of hydrogen-bond acceptors (Lipinski definition) is 2. The van der Waals surface area contributed by atoms with Crippen LogP contribution in [0.1, 0.15) is 142 Å².